The molecule has 0 aromatic heterocycles. The number of hydrogen-bond acceptors (Lipinski definition) is 1. The predicted octanol–water partition coefficient (Wildman–Crippen LogP) is 6.31. The molecule has 0 fully saturated rings. The molecular formula is C26H20O2. The molecule has 0 spiro atoms. The van der Waals surface area contributed by atoms with Gasteiger partial charge in [-0.2, -0.15) is 0 Å². The summed E-state index contributed by atoms with van der Waals surface area (Å²) in [6.45, 7) is 0. The van der Waals surface area contributed by atoms with Crippen LogP contribution < -0.4 is 0 Å². The van der Waals surface area contributed by atoms with Crippen LogP contribution in [0.3, 0.4) is 0 Å². The van der Waals surface area contributed by atoms with E-state index >= 15 is 0 Å². The van der Waals surface area contributed by atoms with Crippen molar-refractivity contribution in [2.75, 3.05) is 0 Å². The predicted molar refractivity (Wildman–Crippen MR) is 114 cm³/mol. The maximum atomic E-state index is 11.3. The second kappa shape index (κ2) is 7.93. The Morgan fingerprint density at radius 3 is 1.57 bits per heavy atom. The number of aliphatic carboxylic acids is 1. The average molecular weight is 364 g/mol. The van der Waals surface area contributed by atoms with Crippen molar-refractivity contribution in [3.05, 3.63) is 109 Å². The molecule has 0 aliphatic heterocycles. The summed E-state index contributed by atoms with van der Waals surface area (Å²) in [5.41, 5.74) is 7.37. The molecular weight excluding hydrogens is 344 g/mol. The first-order chi connectivity index (χ1) is 13.7. The summed E-state index contributed by atoms with van der Waals surface area (Å²) in [4.78, 5) is 11.3. The lowest BCUT2D eigenvalue weighted by atomic mass is 9.87. The van der Waals surface area contributed by atoms with E-state index in [0.29, 0.717) is 0 Å². The van der Waals surface area contributed by atoms with Crippen molar-refractivity contribution in [2.45, 2.75) is 6.42 Å². The molecule has 2 heteroatoms. The first-order valence-corrected chi connectivity index (χ1v) is 9.28. The highest BCUT2D eigenvalue weighted by atomic mass is 16.4. The fraction of sp³-hybridized carbons (Fsp3) is 0.0385. The molecule has 4 aromatic rings. The normalized spacial score (nSPS) is 10.6. The lowest BCUT2D eigenvalue weighted by Crippen LogP contribution is -2.02. The Balaban J connectivity index is 1.92. The van der Waals surface area contributed by atoms with E-state index in [2.05, 4.69) is 36.4 Å². The number of carboxylic acids is 1. The summed E-state index contributed by atoms with van der Waals surface area (Å²) in [5.74, 6) is -0.824. The Kier molecular flexibility index (Phi) is 5.03. The van der Waals surface area contributed by atoms with Gasteiger partial charge in [-0.15, -0.1) is 0 Å². The van der Waals surface area contributed by atoms with Gasteiger partial charge in [-0.05, 0) is 38.9 Å². The quantitative estimate of drug-likeness (QED) is 0.450. The molecule has 136 valence electrons. The van der Waals surface area contributed by atoms with E-state index < -0.39 is 5.97 Å². The van der Waals surface area contributed by atoms with Gasteiger partial charge in [-0.3, -0.25) is 4.79 Å². The van der Waals surface area contributed by atoms with E-state index in [9.17, 15) is 9.90 Å². The molecule has 0 bridgehead atoms. The number of hydrogen-bond donors (Lipinski definition) is 1. The molecule has 0 aliphatic carbocycles. The number of carbonyl (C=O) groups is 1. The van der Waals surface area contributed by atoms with Crippen LogP contribution in [0.5, 0.6) is 0 Å². The van der Waals surface area contributed by atoms with Crippen molar-refractivity contribution >= 4 is 5.97 Å². The minimum absolute atomic E-state index is 0.00480. The zero-order chi connectivity index (χ0) is 19.3. The molecule has 4 rings (SSSR count). The van der Waals surface area contributed by atoms with Gasteiger partial charge in [0.15, 0.2) is 0 Å². The Morgan fingerprint density at radius 1 is 0.536 bits per heavy atom. The highest BCUT2D eigenvalue weighted by Gasteiger charge is 2.15. The second-order valence-electron chi connectivity index (χ2n) is 6.68. The Hall–Kier alpha value is -3.65. The number of benzene rings is 4. The molecule has 0 atom stereocenters. The monoisotopic (exact) mass is 364 g/mol. The third kappa shape index (κ3) is 3.58. The van der Waals surface area contributed by atoms with Gasteiger partial charge < -0.3 is 5.11 Å². The summed E-state index contributed by atoms with van der Waals surface area (Å²) in [6.07, 6.45) is 0.00480. The molecule has 28 heavy (non-hydrogen) atoms. The van der Waals surface area contributed by atoms with Gasteiger partial charge >= 0.3 is 5.97 Å². The molecule has 0 aliphatic rings. The van der Waals surface area contributed by atoms with Crippen molar-refractivity contribution in [2.24, 2.45) is 0 Å². The third-order valence-corrected chi connectivity index (χ3v) is 4.88. The van der Waals surface area contributed by atoms with Gasteiger partial charge in [0.1, 0.15) is 0 Å². The van der Waals surface area contributed by atoms with Crippen molar-refractivity contribution < 1.29 is 9.90 Å². The summed E-state index contributed by atoms with van der Waals surface area (Å²) < 4.78 is 0. The fourth-order valence-electron chi connectivity index (χ4n) is 3.64. The minimum Gasteiger partial charge on any atom is -0.481 e. The zero-order valence-corrected chi connectivity index (χ0v) is 15.4. The van der Waals surface area contributed by atoms with Crippen LogP contribution in [0.4, 0.5) is 0 Å². The standard InChI is InChI=1S/C26H20O2/c27-26(28)18-20-12-4-5-14-22(20)24-16-8-9-17-25(24)23-15-7-6-13-21(23)19-10-2-1-3-11-19/h1-17H,18H2,(H,27,28). The van der Waals surface area contributed by atoms with E-state index in [-0.39, 0.29) is 6.42 Å². The highest BCUT2D eigenvalue weighted by Crippen LogP contribution is 2.38. The summed E-state index contributed by atoms with van der Waals surface area (Å²) in [7, 11) is 0. The Labute approximate surface area is 164 Å². The first kappa shape index (κ1) is 17.7. The van der Waals surface area contributed by atoms with Crippen LogP contribution in [0.15, 0.2) is 103 Å². The van der Waals surface area contributed by atoms with Crippen LogP contribution in [0.25, 0.3) is 33.4 Å². The van der Waals surface area contributed by atoms with Gasteiger partial charge in [0.2, 0.25) is 0 Å². The van der Waals surface area contributed by atoms with Crippen molar-refractivity contribution in [3.63, 3.8) is 0 Å². The first-order valence-electron chi connectivity index (χ1n) is 9.28. The number of carboxylic acid groups (broad SMARTS) is 1. The van der Waals surface area contributed by atoms with Crippen molar-refractivity contribution in [1.82, 2.24) is 0 Å². The highest BCUT2D eigenvalue weighted by molar-refractivity contribution is 5.92. The second-order valence-corrected chi connectivity index (χ2v) is 6.68. The van der Waals surface area contributed by atoms with Gasteiger partial charge in [-0.1, -0.05) is 103 Å². The molecule has 2 nitrogen and oxygen atoms in total. The smallest absolute Gasteiger partial charge is 0.307 e. The molecule has 0 unspecified atom stereocenters. The molecule has 1 N–H and O–H groups in total. The van der Waals surface area contributed by atoms with E-state index in [1.807, 2.05) is 66.7 Å². The molecule has 0 saturated carbocycles. The fourth-order valence-corrected chi connectivity index (χ4v) is 3.64. The molecule has 0 amide bonds. The molecule has 0 radical (unpaired) electrons. The maximum absolute atomic E-state index is 11.3. The minimum atomic E-state index is -0.824. The van der Waals surface area contributed by atoms with Crippen LogP contribution in [0.2, 0.25) is 0 Å². The Bertz CT molecular complexity index is 1110. The summed E-state index contributed by atoms with van der Waals surface area (Å²) in [5, 5.41) is 9.32. The van der Waals surface area contributed by atoms with Crippen LogP contribution in [0.1, 0.15) is 5.56 Å². The van der Waals surface area contributed by atoms with E-state index in [0.717, 1.165) is 38.9 Å². The molecule has 4 aromatic carbocycles. The molecule has 0 saturated heterocycles. The topological polar surface area (TPSA) is 37.3 Å². The van der Waals surface area contributed by atoms with E-state index in [1.54, 1.807) is 0 Å². The Morgan fingerprint density at radius 2 is 0.964 bits per heavy atom. The van der Waals surface area contributed by atoms with Gasteiger partial charge in [0.25, 0.3) is 0 Å². The zero-order valence-electron chi connectivity index (χ0n) is 15.4. The largest absolute Gasteiger partial charge is 0.481 e. The maximum Gasteiger partial charge on any atom is 0.307 e. The average Bonchev–Trinajstić information content (AvgIpc) is 2.74. The van der Waals surface area contributed by atoms with Crippen LogP contribution >= 0.6 is 0 Å². The lowest BCUT2D eigenvalue weighted by molar-refractivity contribution is -0.136. The van der Waals surface area contributed by atoms with E-state index in [1.165, 1.54) is 0 Å². The molecule has 0 heterocycles. The van der Waals surface area contributed by atoms with E-state index in [4.69, 9.17) is 0 Å². The third-order valence-electron chi connectivity index (χ3n) is 4.88. The van der Waals surface area contributed by atoms with Gasteiger partial charge in [0, 0.05) is 0 Å². The number of rotatable bonds is 5. The van der Waals surface area contributed by atoms with Crippen LogP contribution in [-0.2, 0) is 11.2 Å². The van der Waals surface area contributed by atoms with Crippen LogP contribution in [0, 0.1) is 0 Å². The van der Waals surface area contributed by atoms with Gasteiger partial charge in [-0.25, -0.2) is 0 Å². The SMILES string of the molecule is O=C(O)Cc1ccccc1-c1ccccc1-c1ccccc1-c1ccccc1. The summed E-state index contributed by atoms with van der Waals surface area (Å²) in [6, 6.07) is 34.6. The summed E-state index contributed by atoms with van der Waals surface area (Å²) >= 11 is 0. The van der Waals surface area contributed by atoms with Crippen molar-refractivity contribution in [3.8, 4) is 33.4 Å². The lowest BCUT2D eigenvalue weighted by Gasteiger charge is -2.16. The van der Waals surface area contributed by atoms with Crippen LogP contribution in [-0.4, -0.2) is 11.1 Å². The van der Waals surface area contributed by atoms with Crippen molar-refractivity contribution in [1.29, 1.82) is 0 Å². The van der Waals surface area contributed by atoms with Gasteiger partial charge in [0.05, 0.1) is 6.42 Å².